The van der Waals surface area contributed by atoms with Gasteiger partial charge in [0.25, 0.3) is 6.47 Å². The molecule has 20 heavy (non-hydrogen) atoms. The zero-order valence-electron chi connectivity index (χ0n) is 11.3. The van der Waals surface area contributed by atoms with Crippen molar-refractivity contribution in [2.75, 3.05) is 0 Å². The van der Waals surface area contributed by atoms with Gasteiger partial charge in [-0.15, -0.1) is 0 Å². The molecule has 1 aromatic heterocycles. The molecule has 0 aliphatic heterocycles. The number of carbonyl (C=O) groups is 1. The summed E-state index contributed by atoms with van der Waals surface area (Å²) >= 11 is 1.78. The van der Waals surface area contributed by atoms with Gasteiger partial charge in [0, 0.05) is 28.0 Å². The van der Waals surface area contributed by atoms with E-state index in [4.69, 9.17) is 9.90 Å². The van der Waals surface area contributed by atoms with Crippen LogP contribution < -0.4 is 4.72 Å². The number of aromatic amines is 1. The third-order valence-corrected chi connectivity index (χ3v) is 4.41. The molecule has 0 radical (unpaired) electrons. The molecule has 108 valence electrons. The predicted octanol–water partition coefficient (Wildman–Crippen LogP) is 3.80. The average molecular weight is 292 g/mol. The van der Waals surface area contributed by atoms with Gasteiger partial charge < -0.3 is 10.1 Å². The molecular weight excluding hydrogens is 272 g/mol. The quantitative estimate of drug-likeness (QED) is 0.595. The van der Waals surface area contributed by atoms with E-state index in [2.05, 4.69) is 34.0 Å². The maximum atomic E-state index is 8.36. The van der Waals surface area contributed by atoms with Crippen LogP contribution in [0.3, 0.4) is 0 Å². The van der Waals surface area contributed by atoms with Crippen molar-refractivity contribution in [3.05, 3.63) is 30.5 Å². The number of hydrogen-bond acceptors (Lipinski definition) is 3. The van der Waals surface area contributed by atoms with Crippen LogP contribution in [0, 0.1) is 0 Å². The Hall–Kier alpha value is -1.46. The summed E-state index contributed by atoms with van der Waals surface area (Å²) in [6.45, 7) is -0.250. The first kappa shape index (κ1) is 14.9. The lowest BCUT2D eigenvalue weighted by Gasteiger charge is -2.22. The Morgan fingerprint density at radius 1 is 1.25 bits per heavy atom. The Bertz CT molecular complexity index is 535. The molecule has 4 nitrogen and oxygen atoms in total. The van der Waals surface area contributed by atoms with Crippen molar-refractivity contribution < 1.29 is 9.90 Å². The van der Waals surface area contributed by atoms with E-state index in [1.165, 1.54) is 47.9 Å². The smallest absolute Gasteiger partial charge is 0.290 e. The molecule has 0 bridgehead atoms. The maximum Gasteiger partial charge on any atom is 0.290 e. The second-order valence-electron chi connectivity index (χ2n) is 4.89. The zero-order valence-corrected chi connectivity index (χ0v) is 12.2. The van der Waals surface area contributed by atoms with Crippen LogP contribution in [0.25, 0.3) is 10.9 Å². The molecule has 1 aromatic carbocycles. The highest BCUT2D eigenvalue weighted by Crippen LogP contribution is 2.24. The summed E-state index contributed by atoms with van der Waals surface area (Å²) in [5.41, 5.74) is 1.21. The monoisotopic (exact) mass is 292 g/mol. The molecule has 2 aromatic rings. The highest BCUT2D eigenvalue weighted by Gasteiger charge is 2.12. The van der Waals surface area contributed by atoms with Crippen molar-refractivity contribution in [3.63, 3.8) is 0 Å². The number of benzene rings is 1. The maximum absolute atomic E-state index is 8.36. The minimum absolute atomic E-state index is 0.250. The lowest BCUT2D eigenvalue weighted by atomic mass is 9.96. The summed E-state index contributed by atoms with van der Waals surface area (Å²) in [5.74, 6) is 0. The van der Waals surface area contributed by atoms with Gasteiger partial charge >= 0.3 is 0 Å². The van der Waals surface area contributed by atoms with Crippen molar-refractivity contribution in [2.24, 2.45) is 0 Å². The number of rotatable bonds is 3. The normalized spacial score (nSPS) is 15.6. The van der Waals surface area contributed by atoms with E-state index in [0.717, 1.165) is 0 Å². The van der Waals surface area contributed by atoms with Crippen LogP contribution >= 0.6 is 11.9 Å². The van der Waals surface area contributed by atoms with E-state index >= 15 is 0 Å². The molecular formula is C15H20N2O2S. The average Bonchev–Trinajstić information content (AvgIpc) is 2.94. The van der Waals surface area contributed by atoms with Crippen LogP contribution in [0.4, 0.5) is 0 Å². The van der Waals surface area contributed by atoms with E-state index in [9.17, 15) is 0 Å². The second-order valence-corrected chi connectivity index (χ2v) is 5.80. The highest BCUT2D eigenvalue weighted by molar-refractivity contribution is 7.97. The molecule has 0 amide bonds. The van der Waals surface area contributed by atoms with Crippen LogP contribution in [0.15, 0.2) is 35.4 Å². The van der Waals surface area contributed by atoms with Gasteiger partial charge in [-0.25, -0.2) is 0 Å². The Morgan fingerprint density at radius 2 is 2.00 bits per heavy atom. The first-order valence-electron chi connectivity index (χ1n) is 6.91. The van der Waals surface area contributed by atoms with E-state index < -0.39 is 0 Å². The first-order valence-corrected chi connectivity index (χ1v) is 7.72. The summed E-state index contributed by atoms with van der Waals surface area (Å²) < 4.78 is 3.60. The van der Waals surface area contributed by atoms with Crippen LogP contribution in [-0.2, 0) is 4.79 Å². The van der Waals surface area contributed by atoms with E-state index in [1.807, 2.05) is 6.20 Å². The number of aromatic nitrogens is 1. The number of hydrogen-bond donors (Lipinski definition) is 3. The van der Waals surface area contributed by atoms with Gasteiger partial charge in [0.15, 0.2) is 0 Å². The van der Waals surface area contributed by atoms with Crippen LogP contribution in [0.5, 0.6) is 0 Å². The standard InChI is InChI=1S/C14H18N2S.CH2O2/c1-2-4-12(5-3-1)16-17-13-6-7-14-11(10-13)8-9-15-14;2-1-3/h6-10,12,15-16H,1-5H2;1H,(H,2,3). The van der Waals surface area contributed by atoms with Gasteiger partial charge in [-0.1, -0.05) is 19.3 Å². The van der Waals surface area contributed by atoms with Gasteiger partial charge in [0.1, 0.15) is 0 Å². The summed E-state index contributed by atoms with van der Waals surface area (Å²) in [7, 11) is 0. The third kappa shape index (κ3) is 4.28. The Kier molecular flexibility index (Phi) is 5.95. The Labute approximate surface area is 123 Å². The second kappa shape index (κ2) is 7.97. The summed E-state index contributed by atoms with van der Waals surface area (Å²) in [5, 5.41) is 8.18. The molecule has 1 aliphatic rings. The van der Waals surface area contributed by atoms with Crippen LogP contribution in [-0.4, -0.2) is 22.6 Å². The van der Waals surface area contributed by atoms with E-state index in [-0.39, 0.29) is 6.47 Å². The molecule has 0 spiro atoms. The molecule has 3 N–H and O–H groups in total. The fourth-order valence-electron chi connectivity index (χ4n) is 2.47. The lowest BCUT2D eigenvalue weighted by molar-refractivity contribution is -0.122. The topological polar surface area (TPSA) is 65.1 Å². The molecule has 0 saturated heterocycles. The van der Waals surface area contributed by atoms with Gasteiger partial charge in [-0.05, 0) is 49.1 Å². The minimum atomic E-state index is -0.250. The van der Waals surface area contributed by atoms with Crippen molar-refractivity contribution in [1.82, 2.24) is 9.71 Å². The first-order chi connectivity index (χ1) is 9.83. The summed E-state index contributed by atoms with van der Waals surface area (Å²) in [4.78, 5) is 12.9. The van der Waals surface area contributed by atoms with Crippen molar-refractivity contribution >= 4 is 29.3 Å². The van der Waals surface area contributed by atoms with E-state index in [0.29, 0.717) is 6.04 Å². The third-order valence-electron chi connectivity index (χ3n) is 3.47. The van der Waals surface area contributed by atoms with Gasteiger partial charge in [-0.3, -0.25) is 9.52 Å². The van der Waals surface area contributed by atoms with Gasteiger partial charge in [0.2, 0.25) is 0 Å². The predicted molar refractivity (Wildman–Crippen MR) is 82.9 cm³/mol. The lowest BCUT2D eigenvalue weighted by Crippen LogP contribution is -2.25. The largest absolute Gasteiger partial charge is 0.483 e. The molecule has 5 heteroatoms. The van der Waals surface area contributed by atoms with Crippen molar-refractivity contribution in [3.8, 4) is 0 Å². The minimum Gasteiger partial charge on any atom is -0.483 e. The van der Waals surface area contributed by atoms with Crippen LogP contribution in [0.2, 0.25) is 0 Å². The van der Waals surface area contributed by atoms with Gasteiger partial charge in [0.05, 0.1) is 0 Å². The van der Waals surface area contributed by atoms with E-state index in [1.54, 1.807) is 11.9 Å². The molecule has 3 rings (SSSR count). The number of carboxylic acid groups (broad SMARTS) is 1. The zero-order chi connectivity index (χ0) is 14.2. The summed E-state index contributed by atoms with van der Waals surface area (Å²) in [6.07, 6.45) is 8.84. The molecule has 1 fully saturated rings. The summed E-state index contributed by atoms with van der Waals surface area (Å²) in [6, 6.07) is 9.40. The Balaban J connectivity index is 0.000000452. The molecule has 1 aliphatic carbocycles. The SMILES string of the molecule is O=CO.c1cc2cc(SNC3CCCCC3)ccc2[nH]1. The van der Waals surface area contributed by atoms with Crippen molar-refractivity contribution in [1.29, 1.82) is 0 Å². The fraction of sp³-hybridized carbons (Fsp3) is 0.400. The number of fused-ring (bicyclic) bond motifs is 1. The molecule has 0 unspecified atom stereocenters. The number of H-pyrrole nitrogens is 1. The molecule has 1 heterocycles. The fourth-order valence-corrected chi connectivity index (χ4v) is 3.33. The molecule has 0 atom stereocenters. The molecule has 1 saturated carbocycles. The van der Waals surface area contributed by atoms with Gasteiger partial charge in [-0.2, -0.15) is 0 Å². The Morgan fingerprint density at radius 3 is 2.75 bits per heavy atom. The van der Waals surface area contributed by atoms with Crippen molar-refractivity contribution in [2.45, 2.75) is 43.0 Å². The number of nitrogens with one attached hydrogen (secondary N) is 2. The highest BCUT2D eigenvalue weighted by atomic mass is 32.2. The van der Waals surface area contributed by atoms with Crippen LogP contribution in [0.1, 0.15) is 32.1 Å².